The Kier molecular flexibility index (Phi) is 8.52. The van der Waals surface area contributed by atoms with E-state index in [0.717, 1.165) is 18.4 Å². The van der Waals surface area contributed by atoms with Crippen LogP contribution in [0.2, 0.25) is 0 Å². The van der Waals surface area contributed by atoms with Crippen LogP contribution < -0.4 is 11.1 Å². The van der Waals surface area contributed by atoms with Gasteiger partial charge in [0.1, 0.15) is 5.82 Å². The number of hydrogen-bond acceptors (Lipinski definition) is 2. The second-order valence-electron chi connectivity index (χ2n) is 5.51. The van der Waals surface area contributed by atoms with E-state index < -0.39 is 0 Å². The molecule has 0 spiro atoms. The minimum atomic E-state index is -0.336. The summed E-state index contributed by atoms with van der Waals surface area (Å²) in [6.07, 6.45) is 1.99. The van der Waals surface area contributed by atoms with E-state index in [4.69, 9.17) is 5.73 Å². The summed E-state index contributed by atoms with van der Waals surface area (Å²) in [6.45, 7) is 6.44. The van der Waals surface area contributed by atoms with E-state index in [1.54, 1.807) is 6.07 Å². The van der Waals surface area contributed by atoms with Gasteiger partial charge in [-0.3, -0.25) is 4.79 Å². The van der Waals surface area contributed by atoms with Gasteiger partial charge >= 0.3 is 0 Å². The molecule has 3 N–H and O–H groups in total. The fourth-order valence-corrected chi connectivity index (χ4v) is 2.06. The summed E-state index contributed by atoms with van der Waals surface area (Å²) in [4.78, 5) is 11.9. The molecule has 1 unspecified atom stereocenters. The van der Waals surface area contributed by atoms with Crippen LogP contribution in [0.4, 0.5) is 4.39 Å². The maximum absolute atomic E-state index is 13.1. The maximum Gasteiger partial charge on any atom is 0.220 e. The molecule has 0 saturated carbocycles. The number of nitrogens with two attached hydrogens (primary N) is 1. The van der Waals surface area contributed by atoms with Gasteiger partial charge in [-0.25, -0.2) is 4.39 Å². The van der Waals surface area contributed by atoms with Crippen molar-refractivity contribution in [1.29, 1.82) is 0 Å². The lowest BCUT2D eigenvalue weighted by atomic mass is 9.93. The molecule has 0 saturated heterocycles. The Morgan fingerprint density at radius 1 is 1.38 bits per heavy atom. The molecule has 0 aliphatic carbocycles. The predicted molar refractivity (Wildman–Crippen MR) is 87.2 cm³/mol. The van der Waals surface area contributed by atoms with Gasteiger partial charge < -0.3 is 11.1 Å². The summed E-state index contributed by atoms with van der Waals surface area (Å²) in [7, 11) is 0. The van der Waals surface area contributed by atoms with Gasteiger partial charge in [-0.15, -0.1) is 12.4 Å². The molecule has 0 aromatic heterocycles. The van der Waals surface area contributed by atoms with E-state index in [9.17, 15) is 9.18 Å². The molecule has 1 atom stereocenters. The number of nitrogens with one attached hydrogen (secondary N) is 1. The molecule has 1 aromatic rings. The summed E-state index contributed by atoms with van der Waals surface area (Å²) in [5.41, 5.74) is 6.64. The van der Waals surface area contributed by atoms with Crippen LogP contribution in [0.3, 0.4) is 0 Å². The summed E-state index contributed by atoms with van der Waals surface area (Å²) < 4.78 is 13.1. The van der Waals surface area contributed by atoms with Gasteiger partial charge in [0, 0.05) is 18.5 Å². The van der Waals surface area contributed by atoms with Crippen molar-refractivity contribution in [1.82, 2.24) is 5.32 Å². The molecule has 0 fully saturated rings. The van der Waals surface area contributed by atoms with E-state index in [1.807, 2.05) is 26.8 Å². The summed E-state index contributed by atoms with van der Waals surface area (Å²) in [5, 5.41) is 2.88. The maximum atomic E-state index is 13.1. The monoisotopic (exact) mass is 316 g/mol. The second-order valence-corrected chi connectivity index (χ2v) is 5.51. The van der Waals surface area contributed by atoms with Gasteiger partial charge in [-0.2, -0.15) is 0 Å². The Morgan fingerprint density at radius 2 is 2.00 bits per heavy atom. The Balaban J connectivity index is 0.00000400. The Hall–Kier alpha value is -1.13. The summed E-state index contributed by atoms with van der Waals surface area (Å²) >= 11 is 0. The van der Waals surface area contributed by atoms with Gasteiger partial charge in [-0.1, -0.05) is 32.9 Å². The highest BCUT2D eigenvalue weighted by molar-refractivity contribution is 5.85. The molecule has 0 aliphatic heterocycles. The first kappa shape index (κ1) is 19.9. The predicted octanol–water partition coefficient (Wildman–Crippen LogP) is 3.37. The highest BCUT2D eigenvalue weighted by Crippen LogP contribution is 2.19. The van der Waals surface area contributed by atoms with Crippen LogP contribution in [-0.4, -0.2) is 18.0 Å². The SMILES string of the molecule is CCC(N)(CC)CNC(=O)CC(C)c1cccc(F)c1.Cl. The number of amides is 1. The number of hydrogen-bond donors (Lipinski definition) is 2. The molecule has 120 valence electrons. The van der Waals surface area contributed by atoms with Crippen LogP contribution in [0.5, 0.6) is 0 Å². The van der Waals surface area contributed by atoms with Crippen LogP contribution >= 0.6 is 12.4 Å². The van der Waals surface area contributed by atoms with Crippen molar-refractivity contribution in [2.24, 2.45) is 5.73 Å². The van der Waals surface area contributed by atoms with Crippen molar-refractivity contribution < 1.29 is 9.18 Å². The largest absolute Gasteiger partial charge is 0.354 e. The van der Waals surface area contributed by atoms with Gasteiger partial charge in [-0.05, 0) is 36.5 Å². The van der Waals surface area contributed by atoms with Crippen molar-refractivity contribution >= 4 is 18.3 Å². The lowest BCUT2D eigenvalue weighted by Crippen LogP contribution is -2.49. The third-order valence-corrected chi connectivity index (χ3v) is 3.96. The van der Waals surface area contributed by atoms with Crippen LogP contribution in [0.15, 0.2) is 24.3 Å². The Labute approximate surface area is 132 Å². The minimum Gasteiger partial charge on any atom is -0.354 e. The van der Waals surface area contributed by atoms with Crippen LogP contribution in [0.1, 0.15) is 51.5 Å². The first-order valence-corrected chi connectivity index (χ1v) is 7.21. The average molecular weight is 317 g/mol. The topological polar surface area (TPSA) is 55.1 Å². The molecule has 0 heterocycles. The van der Waals surface area contributed by atoms with Gasteiger partial charge in [0.2, 0.25) is 5.91 Å². The lowest BCUT2D eigenvalue weighted by Gasteiger charge is -2.27. The fraction of sp³-hybridized carbons (Fsp3) is 0.562. The van der Waals surface area contributed by atoms with Crippen molar-refractivity contribution in [3.8, 4) is 0 Å². The van der Waals surface area contributed by atoms with E-state index in [0.29, 0.717) is 13.0 Å². The lowest BCUT2D eigenvalue weighted by molar-refractivity contribution is -0.121. The van der Waals surface area contributed by atoms with Crippen molar-refractivity contribution in [3.63, 3.8) is 0 Å². The number of halogens is 2. The molecule has 0 radical (unpaired) electrons. The summed E-state index contributed by atoms with van der Waals surface area (Å²) in [6, 6.07) is 6.38. The van der Waals surface area contributed by atoms with Gasteiger partial charge in [0.15, 0.2) is 0 Å². The van der Waals surface area contributed by atoms with E-state index in [1.165, 1.54) is 12.1 Å². The minimum absolute atomic E-state index is 0. The molecule has 1 amide bonds. The van der Waals surface area contributed by atoms with E-state index in [-0.39, 0.29) is 35.6 Å². The zero-order valence-corrected chi connectivity index (χ0v) is 13.8. The normalized spacial score (nSPS) is 12.4. The van der Waals surface area contributed by atoms with Crippen molar-refractivity contribution in [3.05, 3.63) is 35.6 Å². The van der Waals surface area contributed by atoms with Crippen LogP contribution in [0.25, 0.3) is 0 Å². The first-order chi connectivity index (χ1) is 9.40. The first-order valence-electron chi connectivity index (χ1n) is 7.21. The molecule has 5 heteroatoms. The third-order valence-electron chi connectivity index (χ3n) is 3.96. The second kappa shape index (κ2) is 9.00. The number of carbonyl (C=O) groups is 1. The number of carbonyl (C=O) groups excluding carboxylic acids is 1. The Morgan fingerprint density at radius 3 is 2.52 bits per heavy atom. The highest BCUT2D eigenvalue weighted by atomic mass is 35.5. The van der Waals surface area contributed by atoms with Crippen LogP contribution in [-0.2, 0) is 4.79 Å². The molecular weight excluding hydrogens is 291 g/mol. The zero-order chi connectivity index (χ0) is 15.2. The zero-order valence-electron chi connectivity index (χ0n) is 13.0. The van der Waals surface area contributed by atoms with Gasteiger partial charge in [0.25, 0.3) is 0 Å². The highest BCUT2D eigenvalue weighted by Gasteiger charge is 2.21. The molecule has 1 aromatic carbocycles. The molecule has 0 bridgehead atoms. The molecular formula is C16H26ClFN2O. The fourth-order valence-electron chi connectivity index (χ4n) is 2.06. The van der Waals surface area contributed by atoms with Crippen molar-refractivity contribution in [2.45, 2.75) is 51.5 Å². The van der Waals surface area contributed by atoms with Gasteiger partial charge in [0.05, 0.1) is 0 Å². The van der Waals surface area contributed by atoms with Crippen molar-refractivity contribution in [2.75, 3.05) is 6.54 Å². The standard InChI is InChI=1S/C16H25FN2O.ClH/c1-4-16(18,5-2)11-19-15(20)9-12(3)13-7-6-8-14(17)10-13;/h6-8,10,12H,4-5,9,11,18H2,1-3H3,(H,19,20);1H. The van der Waals surface area contributed by atoms with E-state index in [2.05, 4.69) is 5.32 Å². The number of rotatable bonds is 7. The molecule has 3 nitrogen and oxygen atoms in total. The molecule has 1 rings (SSSR count). The molecule has 0 aliphatic rings. The molecule has 21 heavy (non-hydrogen) atoms. The quantitative estimate of drug-likeness (QED) is 0.810. The Bertz CT molecular complexity index is 450. The number of benzene rings is 1. The van der Waals surface area contributed by atoms with Crippen LogP contribution in [0, 0.1) is 5.82 Å². The smallest absolute Gasteiger partial charge is 0.220 e. The average Bonchev–Trinajstić information content (AvgIpc) is 2.44. The third kappa shape index (κ3) is 6.44. The van der Waals surface area contributed by atoms with E-state index >= 15 is 0 Å². The summed E-state index contributed by atoms with van der Waals surface area (Å²) in [5.74, 6) is -0.327.